The summed E-state index contributed by atoms with van der Waals surface area (Å²) >= 11 is 3.17. The van der Waals surface area contributed by atoms with Gasteiger partial charge in [-0.15, -0.1) is 23.1 Å². The molecule has 34 heavy (non-hydrogen) atoms. The molecule has 0 bridgehead atoms. The summed E-state index contributed by atoms with van der Waals surface area (Å²) in [7, 11) is 0. The summed E-state index contributed by atoms with van der Waals surface area (Å²) < 4.78 is 15.9. The van der Waals surface area contributed by atoms with Crippen LogP contribution in [0.5, 0.6) is 0 Å². The van der Waals surface area contributed by atoms with Crippen molar-refractivity contribution in [3.63, 3.8) is 0 Å². The highest BCUT2D eigenvalue weighted by molar-refractivity contribution is 8.00. The fraction of sp³-hybridized carbons (Fsp3) is 0.400. The Kier molecular flexibility index (Phi) is 7.14. The molecule has 0 saturated carbocycles. The first-order chi connectivity index (χ1) is 16.2. The topological polar surface area (TPSA) is 67.2 Å². The molecule has 3 aromatic rings. The number of nitrogens with one attached hydrogen (secondary N) is 1. The van der Waals surface area contributed by atoms with Gasteiger partial charge in [0.05, 0.1) is 22.4 Å². The second-order valence-electron chi connectivity index (χ2n) is 9.26. The molecule has 1 aliphatic heterocycles. The number of aromatic nitrogens is 2. The molecule has 0 radical (unpaired) electrons. The number of nitrogens with zero attached hydrogens (tertiary/aromatic N) is 3. The molecule has 3 heterocycles. The van der Waals surface area contributed by atoms with Crippen molar-refractivity contribution >= 4 is 40.7 Å². The third-order valence-electron chi connectivity index (χ3n) is 5.53. The predicted octanol–water partition coefficient (Wildman–Crippen LogP) is 5.07. The van der Waals surface area contributed by atoms with Gasteiger partial charge in [0.25, 0.3) is 0 Å². The van der Waals surface area contributed by atoms with Crippen molar-refractivity contribution < 1.29 is 14.0 Å². The van der Waals surface area contributed by atoms with Crippen LogP contribution in [0.1, 0.15) is 55.5 Å². The Balaban J connectivity index is 1.98. The number of anilines is 1. The third kappa shape index (κ3) is 4.90. The maximum absolute atomic E-state index is 14.2. The first-order valence-electron chi connectivity index (χ1n) is 11.3. The molecular weight excluding hydrogens is 471 g/mol. The number of halogens is 1. The smallest absolute Gasteiger partial charge is 0.240 e. The minimum Gasteiger partial charge on any atom is -0.355 e. The molecule has 1 N–H and O–H groups in total. The second-order valence-corrected chi connectivity index (χ2v) is 11.3. The van der Waals surface area contributed by atoms with E-state index in [1.807, 2.05) is 18.4 Å². The molecule has 0 spiro atoms. The summed E-state index contributed by atoms with van der Waals surface area (Å²) in [6.45, 7) is 8.63. The van der Waals surface area contributed by atoms with Crippen molar-refractivity contribution in [2.75, 3.05) is 23.7 Å². The molecule has 4 rings (SSSR count). The fourth-order valence-electron chi connectivity index (χ4n) is 3.99. The van der Waals surface area contributed by atoms with Gasteiger partial charge in [-0.25, -0.2) is 9.07 Å². The van der Waals surface area contributed by atoms with Crippen LogP contribution >= 0.6 is 23.1 Å². The van der Waals surface area contributed by atoms with Crippen LogP contribution in [0.2, 0.25) is 0 Å². The van der Waals surface area contributed by atoms with E-state index in [4.69, 9.17) is 5.10 Å². The average Bonchev–Trinajstić information content (AvgIpc) is 3.42. The van der Waals surface area contributed by atoms with Crippen molar-refractivity contribution in [2.45, 2.75) is 44.8 Å². The first-order valence-corrected chi connectivity index (χ1v) is 13.2. The number of hydrogen-bond donors (Lipinski definition) is 1. The molecule has 9 heteroatoms. The van der Waals surface area contributed by atoms with Crippen molar-refractivity contribution in [2.24, 2.45) is 0 Å². The zero-order chi connectivity index (χ0) is 24.5. The monoisotopic (exact) mass is 500 g/mol. The van der Waals surface area contributed by atoms with Crippen LogP contribution in [0.25, 0.3) is 5.69 Å². The van der Waals surface area contributed by atoms with Crippen LogP contribution < -0.4 is 10.2 Å². The van der Waals surface area contributed by atoms with E-state index in [1.165, 1.54) is 17.0 Å². The molecule has 2 aromatic heterocycles. The molecule has 0 unspecified atom stereocenters. The lowest BCUT2D eigenvalue weighted by atomic mass is 9.88. The minimum absolute atomic E-state index is 0.117. The molecule has 1 atom stereocenters. The van der Waals surface area contributed by atoms with E-state index in [0.717, 1.165) is 22.6 Å². The summed E-state index contributed by atoms with van der Waals surface area (Å²) in [6.07, 6.45) is 0.802. The number of carbonyl (C=O) groups is 2. The van der Waals surface area contributed by atoms with Crippen LogP contribution in [0, 0.1) is 5.82 Å². The highest BCUT2D eigenvalue weighted by Crippen LogP contribution is 2.49. The van der Waals surface area contributed by atoms with Gasteiger partial charge in [0.2, 0.25) is 11.8 Å². The number of amides is 2. The Labute approximate surface area is 207 Å². The van der Waals surface area contributed by atoms with Gasteiger partial charge in [-0.3, -0.25) is 14.5 Å². The van der Waals surface area contributed by atoms with E-state index >= 15 is 0 Å². The van der Waals surface area contributed by atoms with E-state index in [9.17, 15) is 14.0 Å². The number of hydrogen-bond acceptors (Lipinski definition) is 5. The molecule has 6 nitrogen and oxygen atoms in total. The normalized spacial score (nSPS) is 16.3. The average molecular weight is 501 g/mol. The lowest BCUT2D eigenvalue weighted by Gasteiger charge is -2.24. The van der Waals surface area contributed by atoms with Crippen molar-refractivity contribution in [3.05, 3.63) is 63.7 Å². The van der Waals surface area contributed by atoms with E-state index in [1.54, 1.807) is 39.9 Å². The number of thiophene rings is 1. The van der Waals surface area contributed by atoms with E-state index in [0.29, 0.717) is 18.1 Å². The molecule has 2 amide bonds. The number of rotatable bonds is 6. The van der Waals surface area contributed by atoms with Gasteiger partial charge in [0.1, 0.15) is 18.2 Å². The number of fused-ring (bicyclic) bond motifs is 1. The second kappa shape index (κ2) is 9.92. The maximum Gasteiger partial charge on any atom is 0.240 e. The lowest BCUT2D eigenvalue weighted by Crippen LogP contribution is -2.42. The van der Waals surface area contributed by atoms with Crippen LogP contribution in [0.4, 0.5) is 10.2 Å². The summed E-state index contributed by atoms with van der Waals surface area (Å²) in [4.78, 5) is 28.8. The van der Waals surface area contributed by atoms with Gasteiger partial charge in [0.15, 0.2) is 0 Å². The first kappa shape index (κ1) is 24.5. The molecule has 0 aliphatic carbocycles. The molecular formula is C25H29FN4O2S2. The zero-order valence-electron chi connectivity index (χ0n) is 19.8. The standard InChI is InChI=1S/C25H29FN4O2S2/c1-5-11-27-19(31)14-29-20(32)15-34-22(18-10-7-12-33-18)21-23(25(2,3)4)28-30(24(21)29)17-9-6-8-16(26)13-17/h6-10,12-13,22H,5,11,14-15H2,1-4H3,(H,27,31)/t22-/m0/s1. The molecule has 180 valence electrons. The van der Waals surface area contributed by atoms with Gasteiger partial charge < -0.3 is 5.32 Å². The zero-order valence-corrected chi connectivity index (χ0v) is 21.4. The maximum atomic E-state index is 14.2. The number of benzene rings is 1. The molecule has 1 aliphatic rings. The number of carbonyl (C=O) groups excluding carboxylic acids is 2. The molecule has 0 saturated heterocycles. The van der Waals surface area contributed by atoms with Gasteiger partial charge in [-0.2, -0.15) is 5.10 Å². The van der Waals surface area contributed by atoms with Crippen LogP contribution in [0.15, 0.2) is 41.8 Å². The summed E-state index contributed by atoms with van der Waals surface area (Å²) in [5.74, 6) is -0.0311. The Bertz CT molecular complexity index is 1180. The highest BCUT2D eigenvalue weighted by Gasteiger charge is 2.40. The minimum atomic E-state index is -0.393. The quantitative estimate of drug-likeness (QED) is 0.513. The van der Waals surface area contributed by atoms with Crippen LogP contribution in [-0.2, 0) is 15.0 Å². The van der Waals surface area contributed by atoms with E-state index in [2.05, 4.69) is 32.2 Å². The predicted molar refractivity (Wildman–Crippen MR) is 136 cm³/mol. The van der Waals surface area contributed by atoms with Crippen LogP contribution in [0.3, 0.4) is 0 Å². The summed E-state index contributed by atoms with van der Waals surface area (Å²) in [5, 5.41) is 9.71. The van der Waals surface area contributed by atoms with Crippen molar-refractivity contribution in [1.82, 2.24) is 15.1 Å². The van der Waals surface area contributed by atoms with E-state index in [-0.39, 0.29) is 34.8 Å². The Hall–Kier alpha value is -2.65. The van der Waals surface area contributed by atoms with Gasteiger partial charge in [-0.1, -0.05) is 39.8 Å². The summed E-state index contributed by atoms with van der Waals surface area (Å²) in [5.41, 5.74) is 1.89. The van der Waals surface area contributed by atoms with Crippen LogP contribution in [-0.4, -0.2) is 40.4 Å². The highest BCUT2D eigenvalue weighted by atomic mass is 32.2. The van der Waals surface area contributed by atoms with Gasteiger partial charge in [-0.05, 0) is 36.1 Å². The van der Waals surface area contributed by atoms with Crippen molar-refractivity contribution in [3.8, 4) is 5.69 Å². The number of thioether (sulfide) groups is 1. The van der Waals surface area contributed by atoms with Crippen molar-refractivity contribution in [1.29, 1.82) is 0 Å². The Morgan fingerprint density at radius 1 is 1.26 bits per heavy atom. The Morgan fingerprint density at radius 2 is 2.06 bits per heavy atom. The fourth-order valence-corrected chi connectivity index (χ4v) is 6.17. The van der Waals surface area contributed by atoms with Gasteiger partial charge >= 0.3 is 0 Å². The Morgan fingerprint density at radius 3 is 2.71 bits per heavy atom. The third-order valence-corrected chi connectivity index (χ3v) is 7.85. The summed E-state index contributed by atoms with van der Waals surface area (Å²) in [6, 6.07) is 10.2. The molecule has 0 fully saturated rings. The SMILES string of the molecule is CCCNC(=O)CN1C(=O)CS[C@@H](c2cccs2)c2c(C(C)(C)C)nn(-c3cccc(F)c3)c21. The largest absolute Gasteiger partial charge is 0.355 e. The van der Waals surface area contributed by atoms with Gasteiger partial charge in [0, 0.05) is 22.4 Å². The lowest BCUT2D eigenvalue weighted by molar-refractivity contribution is -0.122. The molecule has 1 aromatic carbocycles. The van der Waals surface area contributed by atoms with E-state index < -0.39 is 5.82 Å².